The number of nitro groups is 1. The van der Waals surface area contributed by atoms with Gasteiger partial charge in [0.15, 0.2) is 11.5 Å². The Kier molecular flexibility index (Phi) is 4.80. The minimum absolute atomic E-state index is 0.0146. The van der Waals surface area contributed by atoms with E-state index in [1.165, 1.54) is 6.07 Å². The van der Waals surface area contributed by atoms with E-state index in [0.29, 0.717) is 30.3 Å². The molecule has 1 aromatic carbocycles. The molecule has 1 saturated heterocycles. The molecule has 1 fully saturated rings. The van der Waals surface area contributed by atoms with Crippen LogP contribution in [0.15, 0.2) is 28.0 Å². The molecule has 2 heterocycles. The SMILES string of the molecule is C[C@@H]1CN(c2ccc(Cl)cc2[N+](=O)[O-])CCN1/C(=N\O)c1nonc1N. The fourth-order valence-electron chi connectivity index (χ4n) is 2.99. The van der Waals surface area contributed by atoms with Crippen molar-refractivity contribution in [3.05, 3.63) is 39.0 Å². The second kappa shape index (κ2) is 7.04. The molecule has 138 valence electrons. The van der Waals surface area contributed by atoms with Gasteiger partial charge in [0.2, 0.25) is 5.84 Å². The Morgan fingerprint density at radius 2 is 2.27 bits per heavy atom. The van der Waals surface area contributed by atoms with E-state index in [4.69, 9.17) is 17.3 Å². The molecule has 26 heavy (non-hydrogen) atoms. The van der Waals surface area contributed by atoms with Gasteiger partial charge in [-0.15, -0.1) is 0 Å². The van der Waals surface area contributed by atoms with Gasteiger partial charge < -0.3 is 20.7 Å². The number of anilines is 2. The molecule has 3 rings (SSSR count). The first kappa shape index (κ1) is 17.7. The van der Waals surface area contributed by atoms with Crippen molar-refractivity contribution in [3.63, 3.8) is 0 Å². The Bertz CT molecular complexity index is 856. The molecular weight excluding hydrogens is 366 g/mol. The minimum atomic E-state index is -0.458. The number of nitrogens with zero attached hydrogens (tertiary/aromatic N) is 6. The Labute approximate surface area is 152 Å². The second-order valence-electron chi connectivity index (χ2n) is 5.80. The highest BCUT2D eigenvalue weighted by atomic mass is 35.5. The second-order valence-corrected chi connectivity index (χ2v) is 6.24. The maximum atomic E-state index is 11.3. The van der Waals surface area contributed by atoms with Gasteiger partial charge in [-0.05, 0) is 29.4 Å². The molecule has 0 aliphatic carbocycles. The van der Waals surface area contributed by atoms with Gasteiger partial charge in [-0.25, -0.2) is 4.63 Å². The minimum Gasteiger partial charge on any atom is -0.409 e. The summed E-state index contributed by atoms with van der Waals surface area (Å²) in [6.45, 7) is 3.22. The molecule has 1 atom stereocenters. The lowest BCUT2D eigenvalue weighted by Gasteiger charge is -2.41. The molecule has 0 radical (unpaired) electrons. The number of oxime groups is 1. The van der Waals surface area contributed by atoms with Crippen molar-refractivity contribution in [2.75, 3.05) is 30.3 Å². The highest BCUT2D eigenvalue weighted by molar-refractivity contribution is 6.30. The summed E-state index contributed by atoms with van der Waals surface area (Å²) in [4.78, 5) is 14.5. The van der Waals surface area contributed by atoms with Crippen molar-refractivity contribution < 1.29 is 14.8 Å². The van der Waals surface area contributed by atoms with Gasteiger partial charge in [0, 0.05) is 36.8 Å². The number of nitrogen functional groups attached to an aromatic ring is 1. The molecule has 2 aromatic rings. The average molecular weight is 382 g/mol. The van der Waals surface area contributed by atoms with Crippen molar-refractivity contribution >= 4 is 34.6 Å². The van der Waals surface area contributed by atoms with E-state index in [2.05, 4.69) is 20.1 Å². The van der Waals surface area contributed by atoms with Crippen LogP contribution in [0.5, 0.6) is 0 Å². The van der Waals surface area contributed by atoms with E-state index in [1.54, 1.807) is 17.0 Å². The number of aromatic nitrogens is 2. The van der Waals surface area contributed by atoms with Crippen LogP contribution < -0.4 is 10.6 Å². The zero-order valence-corrected chi connectivity index (χ0v) is 14.5. The molecule has 11 nitrogen and oxygen atoms in total. The number of halogens is 1. The lowest BCUT2D eigenvalue weighted by Crippen LogP contribution is -2.54. The van der Waals surface area contributed by atoms with Crippen molar-refractivity contribution in [1.82, 2.24) is 15.2 Å². The van der Waals surface area contributed by atoms with E-state index < -0.39 is 4.92 Å². The largest absolute Gasteiger partial charge is 0.409 e. The Balaban J connectivity index is 1.83. The van der Waals surface area contributed by atoms with Crippen LogP contribution >= 0.6 is 11.6 Å². The highest BCUT2D eigenvalue weighted by Crippen LogP contribution is 2.32. The normalized spacial score (nSPS) is 18.2. The third-order valence-electron chi connectivity index (χ3n) is 4.19. The third kappa shape index (κ3) is 3.20. The van der Waals surface area contributed by atoms with Gasteiger partial charge in [-0.1, -0.05) is 16.8 Å². The standard InChI is InChI=1S/C14H16ClN7O4/c1-8-7-20(10-3-2-9(15)6-11(10)22(24)25)4-5-21(8)14(17-23)12-13(16)19-26-18-12/h2-3,6,8,23H,4-5,7H2,1H3,(H2,16,19)/b17-14-/t8-/m1/s1. The van der Waals surface area contributed by atoms with E-state index in [-0.39, 0.29) is 29.1 Å². The summed E-state index contributed by atoms with van der Waals surface area (Å²) >= 11 is 5.88. The van der Waals surface area contributed by atoms with Crippen molar-refractivity contribution in [2.45, 2.75) is 13.0 Å². The highest BCUT2D eigenvalue weighted by Gasteiger charge is 2.32. The number of benzene rings is 1. The molecule has 0 unspecified atom stereocenters. The first-order valence-corrected chi connectivity index (χ1v) is 8.06. The number of nitro benzene ring substituents is 1. The molecule has 3 N–H and O–H groups in total. The summed E-state index contributed by atoms with van der Waals surface area (Å²) in [6, 6.07) is 4.42. The third-order valence-corrected chi connectivity index (χ3v) is 4.43. The number of amidine groups is 1. The fourth-order valence-corrected chi connectivity index (χ4v) is 3.16. The smallest absolute Gasteiger partial charge is 0.294 e. The molecule has 0 saturated carbocycles. The zero-order valence-electron chi connectivity index (χ0n) is 13.7. The molecular formula is C14H16ClN7O4. The monoisotopic (exact) mass is 381 g/mol. The predicted molar refractivity (Wildman–Crippen MR) is 93.5 cm³/mol. The van der Waals surface area contributed by atoms with E-state index >= 15 is 0 Å². The maximum absolute atomic E-state index is 11.3. The van der Waals surface area contributed by atoms with Crippen LogP contribution in [-0.2, 0) is 0 Å². The van der Waals surface area contributed by atoms with E-state index in [0.717, 1.165) is 0 Å². The van der Waals surface area contributed by atoms with Gasteiger partial charge in [-0.3, -0.25) is 10.1 Å². The molecule has 1 aliphatic rings. The average Bonchev–Trinajstić information content (AvgIpc) is 3.03. The summed E-state index contributed by atoms with van der Waals surface area (Å²) in [6.07, 6.45) is 0. The van der Waals surface area contributed by atoms with Crippen LogP contribution in [-0.4, -0.2) is 56.9 Å². The van der Waals surface area contributed by atoms with Crippen LogP contribution in [0.4, 0.5) is 17.2 Å². The lowest BCUT2D eigenvalue weighted by molar-refractivity contribution is -0.384. The van der Waals surface area contributed by atoms with Crippen molar-refractivity contribution in [1.29, 1.82) is 0 Å². The van der Waals surface area contributed by atoms with Gasteiger partial charge in [-0.2, -0.15) is 0 Å². The summed E-state index contributed by atoms with van der Waals surface area (Å²) in [5, 5.41) is 31.4. The topological polar surface area (TPSA) is 147 Å². The predicted octanol–water partition coefficient (Wildman–Crippen LogP) is 1.56. The molecule has 1 aromatic heterocycles. The Morgan fingerprint density at radius 3 is 2.85 bits per heavy atom. The maximum Gasteiger partial charge on any atom is 0.294 e. The summed E-state index contributed by atoms with van der Waals surface area (Å²) in [5.74, 6) is 0.155. The number of piperazine rings is 1. The molecule has 12 heteroatoms. The van der Waals surface area contributed by atoms with E-state index in [9.17, 15) is 15.3 Å². The summed E-state index contributed by atoms with van der Waals surface area (Å²) in [7, 11) is 0. The van der Waals surface area contributed by atoms with Crippen molar-refractivity contribution in [3.8, 4) is 0 Å². The van der Waals surface area contributed by atoms with Gasteiger partial charge >= 0.3 is 0 Å². The van der Waals surface area contributed by atoms with E-state index in [1.807, 2.05) is 11.8 Å². The van der Waals surface area contributed by atoms with Gasteiger partial charge in [0.05, 0.1) is 4.92 Å². The molecule has 0 spiro atoms. The number of hydrogen-bond acceptors (Lipinski definition) is 9. The Morgan fingerprint density at radius 1 is 1.50 bits per heavy atom. The van der Waals surface area contributed by atoms with Gasteiger partial charge in [0.1, 0.15) is 5.69 Å². The fraction of sp³-hybridized carbons (Fsp3) is 0.357. The lowest BCUT2D eigenvalue weighted by atomic mass is 10.1. The molecule has 0 amide bonds. The molecule has 0 bridgehead atoms. The molecule has 1 aliphatic heterocycles. The number of nitrogens with two attached hydrogens (primary N) is 1. The van der Waals surface area contributed by atoms with Crippen molar-refractivity contribution in [2.24, 2.45) is 5.16 Å². The van der Waals surface area contributed by atoms with Crippen LogP contribution in [0, 0.1) is 10.1 Å². The number of rotatable bonds is 3. The summed E-state index contributed by atoms with van der Waals surface area (Å²) < 4.78 is 4.56. The van der Waals surface area contributed by atoms with Crippen LogP contribution in [0.1, 0.15) is 12.6 Å². The zero-order chi connectivity index (χ0) is 18.8. The summed E-state index contributed by atoms with van der Waals surface area (Å²) in [5.41, 5.74) is 6.24. The number of hydrogen-bond donors (Lipinski definition) is 2. The van der Waals surface area contributed by atoms with Crippen LogP contribution in [0.3, 0.4) is 0 Å². The Hall–Kier alpha value is -3.08. The van der Waals surface area contributed by atoms with Gasteiger partial charge in [0.25, 0.3) is 5.69 Å². The first-order chi connectivity index (χ1) is 12.4. The first-order valence-electron chi connectivity index (χ1n) is 7.68. The quantitative estimate of drug-likeness (QED) is 0.265. The van der Waals surface area contributed by atoms with Crippen LogP contribution in [0.2, 0.25) is 5.02 Å². The van der Waals surface area contributed by atoms with Crippen LogP contribution in [0.25, 0.3) is 0 Å².